The Morgan fingerprint density at radius 1 is 1.43 bits per heavy atom. The van der Waals surface area contributed by atoms with Gasteiger partial charge in [-0.2, -0.15) is 4.39 Å². The summed E-state index contributed by atoms with van der Waals surface area (Å²) in [6, 6.07) is 4.02. The molecule has 0 spiro atoms. The molecule has 0 saturated heterocycles. The lowest BCUT2D eigenvalue weighted by molar-refractivity contribution is 0.0697. The predicted octanol–water partition coefficient (Wildman–Crippen LogP) is 2.32. The minimum Gasteiger partial charge on any atom is -0.478 e. The third-order valence-corrected chi connectivity index (χ3v) is 2.85. The van der Waals surface area contributed by atoms with E-state index >= 15 is 0 Å². The van der Waals surface area contributed by atoms with Crippen molar-refractivity contribution in [3.63, 3.8) is 0 Å². The van der Waals surface area contributed by atoms with Gasteiger partial charge in [-0.25, -0.2) is 4.79 Å². The predicted molar refractivity (Wildman–Crippen MR) is 53.2 cm³/mol. The van der Waals surface area contributed by atoms with Gasteiger partial charge in [0, 0.05) is 0 Å². The second-order valence-electron chi connectivity index (χ2n) is 2.84. The van der Waals surface area contributed by atoms with E-state index in [9.17, 15) is 9.18 Å². The molecule has 1 aromatic carbocycles. The number of nitrogens with two attached hydrogens (primary N) is 1. The Morgan fingerprint density at radius 3 is 2.79 bits per heavy atom. The van der Waals surface area contributed by atoms with Crippen LogP contribution in [0.4, 0.5) is 10.1 Å². The summed E-state index contributed by atoms with van der Waals surface area (Å²) < 4.78 is 13.4. The molecule has 14 heavy (non-hydrogen) atoms. The number of anilines is 1. The molecule has 5 heteroatoms. The number of hydrogen-bond donors (Lipinski definition) is 2. The van der Waals surface area contributed by atoms with Crippen molar-refractivity contribution in [2.75, 3.05) is 5.73 Å². The summed E-state index contributed by atoms with van der Waals surface area (Å²) in [7, 11) is 0. The first-order valence-electron chi connectivity index (χ1n) is 3.80. The molecular weight excluding hydrogens is 205 g/mol. The van der Waals surface area contributed by atoms with E-state index in [0.29, 0.717) is 15.8 Å². The Kier molecular flexibility index (Phi) is 1.89. The number of aromatic carboxylic acids is 1. The number of carboxylic acid groups (broad SMARTS) is 1. The minimum absolute atomic E-state index is 0.0767. The summed E-state index contributed by atoms with van der Waals surface area (Å²) in [6.07, 6.45) is 0. The van der Waals surface area contributed by atoms with Crippen molar-refractivity contribution in [2.45, 2.75) is 0 Å². The van der Waals surface area contributed by atoms with Crippen molar-refractivity contribution in [3.8, 4) is 0 Å². The molecule has 0 radical (unpaired) electrons. The molecule has 2 aromatic rings. The SMILES string of the molecule is Nc1cc(C(=O)O)cc2cc(F)sc12. The zero-order valence-corrected chi connectivity index (χ0v) is 7.77. The number of halogens is 1. The maximum atomic E-state index is 12.9. The first-order valence-corrected chi connectivity index (χ1v) is 4.61. The molecule has 72 valence electrons. The van der Waals surface area contributed by atoms with Gasteiger partial charge in [-0.3, -0.25) is 0 Å². The van der Waals surface area contributed by atoms with Crippen LogP contribution in [-0.2, 0) is 0 Å². The number of carbonyl (C=O) groups is 1. The van der Waals surface area contributed by atoms with Crippen LogP contribution in [0, 0.1) is 5.13 Å². The Morgan fingerprint density at radius 2 is 2.14 bits per heavy atom. The van der Waals surface area contributed by atoms with Gasteiger partial charge in [-0.15, -0.1) is 11.3 Å². The van der Waals surface area contributed by atoms with Crippen LogP contribution in [0.2, 0.25) is 0 Å². The Labute approximate surface area is 82.6 Å². The van der Waals surface area contributed by atoms with Gasteiger partial charge in [0.15, 0.2) is 5.13 Å². The van der Waals surface area contributed by atoms with Gasteiger partial charge in [-0.1, -0.05) is 0 Å². The number of nitrogen functional groups attached to an aromatic ring is 1. The number of thiophene rings is 1. The number of hydrogen-bond acceptors (Lipinski definition) is 3. The van der Waals surface area contributed by atoms with E-state index in [1.165, 1.54) is 18.2 Å². The van der Waals surface area contributed by atoms with Crippen LogP contribution in [0.5, 0.6) is 0 Å². The molecule has 1 heterocycles. The number of benzene rings is 1. The molecule has 0 aliphatic heterocycles. The van der Waals surface area contributed by atoms with Crippen LogP contribution in [0.3, 0.4) is 0 Å². The molecule has 1 aromatic heterocycles. The van der Waals surface area contributed by atoms with Crippen molar-refractivity contribution >= 4 is 33.1 Å². The second-order valence-corrected chi connectivity index (χ2v) is 3.84. The standard InChI is InChI=1S/C9H6FNO2S/c10-7-3-4-1-5(9(12)13)2-6(11)8(4)14-7/h1-3H,11H2,(H,12,13). The fourth-order valence-corrected chi connectivity index (χ4v) is 2.07. The van der Waals surface area contributed by atoms with Crippen molar-refractivity contribution in [2.24, 2.45) is 0 Å². The van der Waals surface area contributed by atoms with Gasteiger partial charge in [0.25, 0.3) is 0 Å². The quantitative estimate of drug-likeness (QED) is 0.711. The third kappa shape index (κ3) is 1.31. The molecule has 0 aliphatic rings. The van der Waals surface area contributed by atoms with Crippen LogP contribution in [-0.4, -0.2) is 11.1 Å². The molecule has 3 nitrogen and oxygen atoms in total. The van der Waals surface area contributed by atoms with Crippen LogP contribution in [0.25, 0.3) is 10.1 Å². The molecule has 2 rings (SSSR count). The third-order valence-electron chi connectivity index (χ3n) is 1.86. The smallest absolute Gasteiger partial charge is 0.335 e. The molecule has 0 saturated carbocycles. The van der Waals surface area contributed by atoms with Gasteiger partial charge < -0.3 is 10.8 Å². The normalized spacial score (nSPS) is 10.6. The first-order chi connectivity index (χ1) is 6.58. The maximum Gasteiger partial charge on any atom is 0.335 e. The summed E-state index contributed by atoms with van der Waals surface area (Å²) in [5.41, 5.74) is 5.97. The second kappa shape index (κ2) is 2.95. The average molecular weight is 211 g/mol. The molecule has 0 amide bonds. The van der Waals surface area contributed by atoms with Crippen molar-refractivity contribution in [1.29, 1.82) is 0 Å². The van der Waals surface area contributed by atoms with Gasteiger partial charge in [-0.05, 0) is 23.6 Å². The average Bonchev–Trinajstić information content (AvgIpc) is 2.45. The molecule has 0 bridgehead atoms. The molecular formula is C9H6FNO2S. The van der Waals surface area contributed by atoms with Gasteiger partial charge in [0.2, 0.25) is 0 Å². The molecule has 0 unspecified atom stereocenters. The van der Waals surface area contributed by atoms with Crippen LogP contribution >= 0.6 is 11.3 Å². The van der Waals surface area contributed by atoms with E-state index in [0.717, 1.165) is 11.3 Å². The topological polar surface area (TPSA) is 63.3 Å². The largest absolute Gasteiger partial charge is 0.478 e. The summed E-state index contributed by atoms with van der Waals surface area (Å²) in [5, 5.41) is 8.90. The van der Waals surface area contributed by atoms with Gasteiger partial charge in [0.05, 0.1) is 16.0 Å². The summed E-state index contributed by atoms with van der Waals surface area (Å²) >= 11 is 0.915. The summed E-state index contributed by atoms with van der Waals surface area (Å²) in [5.74, 6) is -1.06. The van der Waals surface area contributed by atoms with Crippen molar-refractivity contribution < 1.29 is 14.3 Å². The monoisotopic (exact) mass is 211 g/mol. The Balaban J connectivity index is 2.77. The van der Waals surface area contributed by atoms with E-state index < -0.39 is 5.97 Å². The van der Waals surface area contributed by atoms with E-state index in [1.807, 2.05) is 0 Å². The zero-order chi connectivity index (χ0) is 10.3. The molecule has 0 aliphatic carbocycles. The van der Waals surface area contributed by atoms with Crippen molar-refractivity contribution in [1.82, 2.24) is 0 Å². The first kappa shape index (κ1) is 8.96. The molecule has 3 N–H and O–H groups in total. The van der Waals surface area contributed by atoms with Gasteiger partial charge in [0.1, 0.15) is 0 Å². The van der Waals surface area contributed by atoms with Crippen molar-refractivity contribution in [3.05, 3.63) is 28.9 Å². The lowest BCUT2D eigenvalue weighted by Crippen LogP contribution is -1.97. The number of fused-ring (bicyclic) bond motifs is 1. The lowest BCUT2D eigenvalue weighted by Gasteiger charge is -1.98. The Hall–Kier alpha value is -1.62. The fraction of sp³-hybridized carbons (Fsp3) is 0. The zero-order valence-electron chi connectivity index (χ0n) is 6.95. The van der Waals surface area contributed by atoms with E-state index in [2.05, 4.69) is 0 Å². The minimum atomic E-state index is -1.06. The lowest BCUT2D eigenvalue weighted by atomic mass is 10.1. The van der Waals surface area contributed by atoms with E-state index in [4.69, 9.17) is 10.8 Å². The van der Waals surface area contributed by atoms with Crippen LogP contribution < -0.4 is 5.73 Å². The van der Waals surface area contributed by atoms with Gasteiger partial charge >= 0.3 is 5.97 Å². The molecule has 0 atom stereocenters. The maximum absolute atomic E-state index is 12.9. The van der Waals surface area contributed by atoms with E-state index in [1.54, 1.807) is 0 Å². The molecule has 0 fully saturated rings. The van der Waals surface area contributed by atoms with Crippen LogP contribution in [0.1, 0.15) is 10.4 Å². The van der Waals surface area contributed by atoms with E-state index in [-0.39, 0.29) is 10.7 Å². The fourth-order valence-electron chi connectivity index (χ4n) is 1.27. The Bertz CT molecular complexity index is 521. The number of carboxylic acids is 1. The highest BCUT2D eigenvalue weighted by atomic mass is 32.1. The van der Waals surface area contributed by atoms with Crippen LogP contribution in [0.15, 0.2) is 18.2 Å². The summed E-state index contributed by atoms with van der Waals surface area (Å²) in [6.45, 7) is 0. The number of rotatable bonds is 1. The highest BCUT2D eigenvalue weighted by Crippen LogP contribution is 2.30. The highest BCUT2D eigenvalue weighted by molar-refractivity contribution is 7.18. The summed E-state index contributed by atoms with van der Waals surface area (Å²) in [4.78, 5) is 10.7. The highest BCUT2D eigenvalue weighted by Gasteiger charge is 2.10.